The Kier molecular flexibility index (Phi) is 10.7. The minimum absolute atomic E-state index is 0.217. The number of rotatable bonds is 6. The van der Waals surface area contributed by atoms with Crippen molar-refractivity contribution < 1.29 is 14.6 Å². The van der Waals surface area contributed by atoms with Gasteiger partial charge in [0.05, 0.1) is 0 Å². The van der Waals surface area contributed by atoms with Crippen LogP contribution in [0.4, 0.5) is 0 Å². The summed E-state index contributed by atoms with van der Waals surface area (Å²) in [7, 11) is 1.65. The third kappa shape index (κ3) is 8.13. The molecule has 0 bridgehead atoms. The molecular weight excluding hydrogens is 408 g/mol. The van der Waals surface area contributed by atoms with E-state index in [-0.39, 0.29) is 12.0 Å². The maximum atomic E-state index is 9.04. The van der Waals surface area contributed by atoms with Crippen molar-refractivity contribution in [1.29, 1.82) is 0 Å². The standard InChI is InChI=1S/C13H18O2.C9H8.C8H8O/c1-5-11-8-6-7-9-12(11)15-13(14-4)10(2)3;1-2-5-9-7-3-6-8(9)4-1;1-2-7-5-3-4-6-8(7)9/h5-10,13H,1H2,2-4H3;1-6H,7H2;2-6,9H,1H2. The summed E-state index contributed by atoms with van der Waals surface area (Å²) < 4.78 is 11.0. The first-order valence-electron chi connectivity index (χ1n) is 11.1. The molecule has 1 atom stereocenters. The lowest BCUT2D eigenvalue weighted by Crippen LogP contribution is -2.25. The molecular formula is C30H34O3. The number of methoxy groups -OCH3 is 1. The normalized spacial score (nSPS) is 11.9. The average molecular weight is 443 g/mol. The predicted molar refractivity (Wildman–Crippen MR) is 140 cm³/mol. The van der Waals surface area contributed by atoms with Crippen molar-refractivity contribution in [3.8, 4) is 11.5 Å². The molecule has 4 rings (SSSR count). The van der Waals surface area contributed by atoms with Gasteiger partial charge in [-0.3, -0.25) is 0 Å². The van der Waals surface area contributed by atoms with Crippen molar-refractivity contribution in [1.82, 2.24) is 0 Å². The van der Waals surface area contributed by atoms with Crippen LogP contribution < -0.4 is 4.74 Å². The molecule has 3 heteroatoms. The number of phenolic OH excluding ortho intramolecular Hbond substituents is 1. The summed E-state index contributed by atoms with van der Waals surface area (Å²) in [6, 6.07) is 23.4. The summed E-state index contributed by atoms with van der Waals surface area (Å²) in [6.45, 7) is 11.4. The monoisotopic (exact) mass is 442 g/mol. The van der Waals surface area contributed by atoms with Gasteiger partial charge in [-0.15, -0.1) is 0 Å². The van der Waals surface area contributed by atoms with Crippen LogP contribution in [0.25, 0.3) is 18.2 Å². The highest BCUT2D eigenvalue weighted by Crippen LogP contribution is 2.22. The second kappa shape index (κ2) is 13.8. The Morgan fingerprint density at radius 1 is 0.848 bits per heavy atom. The molecule has 1 aliphatic carbocycles. The molecule has 3 aromatic carbocycles. The predicted octanol–water partition coefficient (Wildman–Crippen LogP) is 7.63. The van der Waals surface area contributed by atoms with E-state index < -0.39 is 0 Å². The largest absolute Gasteiger partial charge is 0.507 e. The average Bonchev–Trinajstić information content (AvgIpc) is 3.33. The zero-order valence-electron chi connectivity index (χ0n) is 19.8. The lowest BCUT2D eigenvalue weighted by Gasteiger charge is -2.21. The number of aromatic hydroxyl groups is 1. The van der Waals surface area contributed by atoms with Crippen molar-refractivity contribution >= 4 is 18.2 Å². The lowest BCUT2D eigenvalue weighted by atomic mass is 10.1. The van der Waals surface area contributed by atoms with Gasteiger partial charge in [-0.25, -0.2) is 0 Å². The number of ether oxygens (including phenoxy) is 2. The van der Waals surface area contributed by atoms with E-state index in [4.69, 9.17) is 14.6 Å². The van der Waals surface area contributed by atoms with E-state index in [0.29, 0.717) is 5.92 Å². The van der Waals surface area contributed by atoms with Crippen LogP contribution in [0.5, 0.6) is 11.5 Å². The minimum Gasteiger partial charge on any atom is -0.507 e. The van der Waals surface area contributed by atoms with Gasteiger partial charge in [0, 0.05) is 24.2 Å². The van der Waals surface area contributed by atoms with E-state index in [1.54, 1.807) is 31.4 Å². The number of fused-ring (bicyclic) bond motifs is 1. The Labute approximate surface area is 198 Å². The molecule has 0 aromatic heterocycles. The zero-order chi connectivity index (χ0) is 24.1. The third-order valence-electron chi connectivity index (χ3n) is 5.01. The van der Waals surface area contributed by atoms with Crippen LogP contribution in [0.3, 0.4) is 0 Å². The van der Waals surface area contributed by atoms with Crippen molar-refractivity contribution in [2.24, 2.45) is 5.92 Å². The molecule has 3 aromatic rings. The minimum atomic E-state index is -0.217. The van der Waals surface area contributed by atoms with Crippen molar-refractivity contribution in [3.05, 3.63) is 114 Å². The fourth-order valence-corrected chi connectivity index (χ4v) is 3.19. The first-order valence-corrected chi connectivity index (χ1v) is 11.1. The van der Waals surface area contributed by atoms with Crippen molar-refractivity contribution in [3.63, 3.8) is 0 Å². The molecule has 33 heavy (non-hydrogen) atoms. The molecule has 0 saturated carbocycles. The molecule has 1 aliphatic rings. The van der Waals surface area contributed by atoms with Crippen molar-refractivity contribution in [2.45, 2.75) is 26.6 Å². The van der Waals surface area contributed by atoms with E-state index in [9.17, 15) is 0 Å². The Hall–Kier alpha value is -3.56. The van der Waals surface area contributed by atoms with Gasteiger partial charge < -0.3 is 14.6 Å². The highest BCUT2D eigenvalue weighted by Gasteiger charge is 2.14. The fraction of sp³-hybridized carbons (Fsp3) is 0.200. The molecule has 0 spiro atoms. The summed E-state index contributed by atoms with van der Waals surface area (Å²) in [6.07, 6.45) is 8.68. The second-order valence-electron chi connectivity index (χ2n) is 7.78. The van der Waals surface area contributed by atoms with Crippen LogP contribution in [0.15, 0.2) is 92.0 Å². The molecule has 0 radical (unpaired) electrons. The van der Waals surface area contributed by atoms with Gasteiger partial charge in [0.1, 0.15) is 11.5 Å². The maximum Gasteiger partial charge on any atom is 0.201 e. The van der Waals surface area contributed by atoms with E-state index in [2.05, 4.69) is 63.4 Å². The molecule has 0 heterocycles. The summed E-state index contributed by atoms with van der Waals surface area (Å²) in [4.78, 5) is 0. The fourth-order valence-electron chi connectivity index (χ4n) is 3.19. The number of benzene rings is 3. The van der Waals surface area contributed by atoms with Crippen LogP contribution >= 0.6 is 0 Å². The highest BCUT2D eigenvalue weighted by molar-refractivity contribution is 5.59. The van der Waals surface area contributed by atoms with E-state index in [1.807, 2.05) is 36.4 Å². The summed E-state index contributed by atoms with van der Waals surface area (Å²) in [5.41, 5.74) is 4.60. The SMILES string of the molecule is C1=Cc2ccccc2C1.C=Cc1ccccc1O.C=Cc1ccccc1OC(OC)C(C)C. The Morgan fingerprint density at radius 3 is 2.03 bits per heavy atom. The van der Waals surface area contributed by atoms with Gasteiger partial charge in [0.15, 0.2) is 0 Å². The summed E-state index contributed by atoms with van der Waals surface area (Å²) >= 11 is 0. The van der Waals surface area contributed by atoms with Crippen molar-refractivity contribution in [2.75, 3.05) is 7.11 Å². The van der Waals surface area contributed by atoms with Crippen LogP contribution in [0.2, 0.25) is 0 Å². The van der Waals surface area contributed by atoms with E-state index in [1.165, 1.54) is 11.1 Å². The third-order valence-corrected chi connectivity index (χ3v) is 5.01. The number of para-hydroxylation sites is 2. The van der Waals surface area contributed by atoms with Crippen LogP contribution in [0, 0.1) is 5.92 Å². The van der Waals surface area contributed by atoms with Gasteiger partial charge in [0.25, 0.3) is 0 Å². The maximum absolute atomic E-state index is 9.04. The molecule has 172 valence electrons. The molecule has 3 nitrogen and oxygen atoms in total. The molecule has 0 fully saturated rings. The topological polar surface area (TPSA) is 38.7 Å². The zero-order valence-corrected chi connectivity index (χ0v) is 19.8. The van der Waals surface area contributed by atoms with E-state index >= 15 is 0 Å². The smallest absolute Gasteiger partial charge is 0.201 e. The number of phenols is 1. The molecule has 0 saturated heterocycles. The van der Waals surface area contributed by atoms with Gasteiger partial charge >= 0.3 is 0 Å². The van der Waals surface area contributed by atoms with Crippen LogP contribution in [-0.2, 0) is 11.2 Å². The van der Waals surface area contributed by atoms with Gasteiger partial charge in [-0.1, -0.05) is 112 Å². The second-order valence-corrected chi connectivity index (χ2v) is 7.78. The number of hydrogen-bond donors (Lipinski definition) is 1. The Bertz CT molecular complexity index is 1040. The van der Waals surface area contributed by atoms with Gasteiger partial charge in [-0.2, -0.15) is 0 Å². The van der Waals surface area contributed by atoms with E-state index in [0.717, 1.165) is 23.3 Å². The quantitative estimate of drug-likeness (QED) is 0.399. The first kappa shape index (κ1) is 25.7. The highest BCUT2D eigenvalue weighted by atomic mass is 16.7. The van der Waals surface area contributed by atoms with Gasteiger partial charge in [0.2, 0.25) is 6.29 Å². The Morgan fingerprint density at radius 2 is 1.45 bits per heavy atom. The number of hydrogen-bond acceptors (Lipinski definition) is 3. The van der Waals surface area contributed by atoms with Crippen LogP contribution in [-0.4, -0.2) is 18.5 Å². The molecule has 0 amide bonds. The molecule has 0 aliphatic heterocycles. The Balaban J connectivity index is 0.000000184. The lowest BCUT2D eigenvalue weighted by molar-refractivity contribution is -0.0834. The first-order chi connectivity index (χ1) is 16.0. The number of allylic oxidation sites excluding steroid dienone is 1. The van der Waals surface area contributed by atoms with Gasteiger partial charge in [-0.05, 0) is 29.7 Å². The summed E-state index contributed by atoms with van der Waals surface area (Å²) in [5, 5.41) is 9.04. The van der Waals surface area contributed by atoms with Crippen LogP contribution in [0.1, 0.15) is 36.1 Å². The molecule has 1 unspecified atom stereocenters. The molecule has 1 N–H and O–H groups in total. The summed E-state index contributed by atoms with van der Waals surface area (Å²) in [5.74, 6) is 1.41.